The number of hydrogen-bond acceptors (Lipinski definition) is 3. The van der Waals surface area contributed by atoms with Crippen LogP contribution in [0.4, 0.5) is 4.79 Å². The number of nitrogens with zero attached hydrogens (tertiary/aromatic N) is 2. The van der Waals surface area contributed by atoms with Gasteiger partial charge in [0.1, 0.15) is 0 Å². The Bertz CT molecular complexity index is 375. The highest BCUT2D eigenvalue weighted by Crippen LogP contribution is 2.27. The second-order valence-electron chi connectivity index (χ2n) is 6.11. The van der Waals surface area contributed by atoms with Crippen molar-refractivity contribution in [3.63, 3.8) is 0 Å². The first kappa shape index (κ1) is 13.7. The van der Waals surface area contributed by atoms with Gasteiger partial charge in [0.05, 0.1) is 6.54 Å². The summed E-state index contributed by atoms with van der Waals surface area (Å²) in [7, 11) is 0. The second kappa shape index (κ2) is 5.99. The van der Waals surface area contributed by atoms with Gasteiger partial charge in [-0.1, -0.05) is 0 Å². The predicted molar refractivity (Wildman–Crippen MR) is 75.3 cm³/mol. The monoisotopic (exact) mass is 280 g/mol. The molecular weight excluding hydrogens is 256 g/mol. The van der Waals surface area contributed by atoms with E-state index >= 15 is 0 Å². The van der Waals surface area contributed by atoms with Crippen LogP contribution in [0, 0.1) is 5.92 Å². The molecule has 0 aromatic heterocycles. The van der Waals surface area contributed by atoms with E-state index in [2.05, 4.69) is 10.6 Å². The Morgan fingerprint density at radius 1 is 1.20 bits per heavy atom. The standard InChI is InChI=1S/C14H24N4O2/c19-13(10-15-9-11-1-2-11)17-6-3-12(4-7-17)18-8-5-16-14(18)20/h11-12,15H,1-10H2,(H,16,20). The van der Waals surface area contributed by atoms with Gasteiger partial charge in [0, 0.05) is 32.2 Å². The van der Waals surface area contributed by atoms with Gasteiger partial charge in [-0.25, -0.2) is 4.79 Å². The molecule has 3 fully saturated rings. The molecule has 0 radical (unpaired) electrons. The van der Waals surface area contributed by atoms with E-state index in [-0.39, 0.29) is 11.9 Å². The Morgan fingerprint density at radius 2 is 1.95 bits per heavy atom. The number of carbonyl (C=O) groups is 2. The van der Waals surface area contributed by atoms with Gasteiger partial charge in [0.15, 0.2) is 0 Å². The predicted octanol–water partition coefficient (Wildman–Crippen LogP) is 0.00220. The fourth-order valence-electron chi connectivity index (χ4n) is 3.08. The number of hydrogen-bond donors (Lipinski definition) is 2. The Hall–Kier alpha value is -1.30. The number of carbonyl (C=O) groups excluding carboxylic acids is 2. The maximum atomic E-state index is 12.1. The van der Waals surface area contributed by atoms with Crippen LogP contribution in [0.1, 0.15) is 25.7 Å². The molecule has 20 heavy (non-hydrogen) atoms. The minimum Gasteiger partial charge on any atom is -0.341 e. The quantitative estimate of drug-likeness (QED) is 0.745. The van der Waals surface area contributed by atoms with E-state index in [1.807, 2.05) is 9.80 Å². The molecule has 0 atom stereocenters. The molecule has 1 saturated carbocycles. The van der Waals surface area contributed by atoms with E-state index < -0.39 is 0 Å². The molecule has 1 aliphatic carbocycles. The summed E-state index contributed by atoms with van der Waals surface area (Å²) in [5.41, 5.74) is 0. The molecule has 112 valence electrons. The maximum Gasteiger partial charge on any atom is 0.317 e. The van der Waals surface area contributed by atoms with Gasteiger partial charge in [0.2, 0.25) is 5.91 Å². The molecule has 0 unspecified atom stereocenters. The molecule has 2 saturated heterocycles. The van der Waals surface area contributed by atoms with Crippen molar-refractivity contribution in [1.29, 1.82) is 0 Å². The van der Waals surface area contributed by atoms with E-state index in [1.54, 1.807) is 0 Å². The minimum atomic E-state index is 0.0564. The van der Waals surface area contributed by atoms with Crippen LogP contribution >= 0.6 is 0 Å². The number of likely N-dealkylation sites (tertiary alicyclic amines) is 1. The van der Waals surface area contributed by atoms with Crippen LogP contribution in [0.15, 0.2) is 0 Å². The number of amides is 3. The van der Waals surface area contributed by atoms with Crippen LogP contribution in [-0.4, -0.2) is 67.0 Å². The summed E-state index contributed by atoms with van der Waals surface area (Å²) >= 11 is 0. The van der Waals surface area contributed by atoms with Crippen LogP contribution in [0.3, 0.4) is 0 Å². The Morgan fingerprint density at radius 3 is 2.55 bits per heavy atom. The molecule has 0 aromatic carbocycles. The van der Waals surface area contributed by atoms with E-state index in [9.17, 15) is 9.59 Å². The lowest BCUT2D eigenvalue weighted by Crippen LogP contribution is -2.49. The van der Waals surface area contributed by atoms with E-state index in [4.69, 9.17) is 0 Å². The van der Waals surface area contributed by atoms with Crippen LogP contribution < -0.4 is 10.6 Å². The Kier molecular flexibility index (Phi) is 4.10. The molecule has 2 N–H and O–H groups in total. The third kappa shape index (κ3) is 3.23. The zero-order valence-electron chi connectivity index (χ0n) is 11.9. The summed E-state index contributed by atoms with van der Waals surface area (Å²) in [6, 6.07) is 0.363. The average molecular weight is 280 g/mol. The van der Waals surface area contributed by atoms with Gasteiger partial charge in [-0.05, 0) is 38.1 Å². The third-order valence-electron chi connectivity index (χ3n) is 4.55. The van der Waals surface area contributed by atoms with Crippen molar-refractivity contribution < 1.29 is 9.59 Å². The van der Waals surface area contributed by atoms with Crippen LogP contribution in [-0.2, 0) is 4.79 Å². The third-order valence-corrected chi connectivity index (χ3v) is 4.55. The van der Waals surface area contributed by atoms with Crippen LogP contribution in [0.5, 0.6) is 0 Å². The summed E-state index contributed by atoms with van der Waals surface area (Å²) in [6.07, 6.45) is 4.43. The molecule has 6 heteroatoms. The lowest BCUT2D eigenvalue weighted by atomic mass is 10.0. The normalized spacial score (nSPS) is 24.1. The molecule has 0 bridgehead atoms. The lowest BCUT2D eigenvalue weighted by molar-refractivity contribution is -0.131. The van der Waals surface area contributed by atoms with Crippen molar-refractivity contribution >= 4 is 11.9 Å². The molecule has 3 rings (SSSR count). The molecule has 6 nitrogen and oxygen atoms in total. The first-order valence-corrected chi connectivity index (χ1v) is 7.77. The maximum absolute atomic E-state index is 12.1. The first-order valence-electron chi connectivity index (χ1n) is 7.77. The summed E-state index contributed by atoms with van der Waals surface area (Å²) in [5.74, 6) is 1.01. The van der Waals surface area contributed by atoms with Crippen molar-refractivity contribution in [2.24, 2.45) is 5.92 Å². The summed E-state index contributed by atoms with van der Waals surface area (Å²) in [4.78, 5) is 27.5. The highest BCUT2D eigenvalue weighted by atomic mass is 16.2. The second-order valence-corrected chi connectivity index (χ2v) is 6.11. The van der Waals surface area contributed by atoms with Gasteiger partial charge in [0.25, 0.3) is 0 Å². The number of piperidine rings is 1. The fraction of sp³-hybridized carbons (Fsp3) is 0.857. The van der Waals surface area contributed by atoms with E-state index in [0.29, 0.717) is 12.6 Å². The van der Waals surface area contributed by atoms with Crippen molar-refractivity contribution in [3.8, 4) is 0 Å². The topological polar surface area (TPSA) is 64.7 Å². The first-order chi connectivity index (χ1) is 9.74. The molecule has 3 aliphatic rings. The van der Waals surface area contributed by atoms with Gasteiger partial charge in [-0.2, -0.15) is 0 Å². The molecule has 2 heterocycles. The zero-order chi connectivity index (χ0) is 13.9. The van der Waals surface area contributed by atoms with Gasteiger partial charge in [-0.3, -0.25) is 4.79 Å². The summed E-state index contributed by atoms with van der Waals surface area (Å²) in [6.45, 7) is 4.56. The highest BCUT2D eigenvalue weighted by Gasteiger charge is 2.31. The summed E-state index contributed by atoms with van der Waals surface area (Å²) in [5, 5.41) is 6.09. The van der Waals surface area contributed by atoms with Crippen molar-refractivity contribution in [2.45, 2.75) is 31.7 Å². The van der Waals surface area contributed by atoms with Crippen LogP contribution in [0.25, 0.3) is 0 Å². The minimum absolute atomic E-state index is 0.0564. The molecule has 3 amide bonds. The van der Waals surface area contributed by atoms with Crippen LogP contribution in [0.2, 0.25) is 0 Å². The number of nitrogens with one attached hydrogen (secondary N) is 2. The van der Waals surface area contributed by atoms with Crippen molar-refractivity contribution in [1.82, 2.24) is 20.4 Å². The van der Waals surface area contributed by atoms with Crippen molar-refractivity contribution in [3.05, 3.63) is 0 Å². The van der Waals surface area contributed by atoms with Gasteiger partial charge >= 0.3 is 6.03 Å². The SMILES string of the molecule is O=C(CNCC1CC1)N1CCC(N2CCNC2=O)CC1. The fourth-order valence-corrected chi connectivity index (χ4v) is 3.08. The zero-order valence-corrected chi connectivity index (χ0v) is 11.9. The smallest absolute Gasteiger partial charge is 0.317 e. The molecule has 0 spiro atoms. The molecule has 2 aliphatic heterocycles. The van der Waals surface area contributed by atoms with Gasteiger partial charge in [-0.15, -0.1) is 0 Å². The number of urea groups is 1. The van der Waals surface area contributed by atoms with Crippen molar-refractivity contribution in [2.75, 3.05) is 39.3 Å². The van der Waals surface area contributed by atoms with E-state index in [0.717, 1.165) is 51.5 Å². The summed E-state index contributed by atoms with van der Waals surface area (Å²) < 4.78 is 0. The Balaban J connectivity index is 1.38. The molecule has 0 aromatic rings. The Labute approximate surface area is 119 Å². The highest BCUT2D eigenvalue weighted by molar-refractivity contribution is 5.78. The largest absolute Gasteiger partial charge is 0.341 e. The number of rotatable bonds is 5. The average Bonchev–Trinajstić information content (AvgIpc) is 3.19. The van der Waals surface area contributed by atoms with Gasteiger partial charge < -0.3 is 20.4 Å². The van der Waals surface area contributed by atoms with E-state index in [1.165, 1.54) is 12.8 Å². The lowest BCUT2D eigenvalue weighted by Gasteiger charge is -2.36. The molecular formula is C14H24N4O2.